The smallest absolute Gasteiger partial charge is 0.289 e. The van der Waals surface area contributed by atoms with Crippen LogP contribution in [0.25, 0.3) is 0 Å². The Labute approximate surface area is 101 Å². The molecule has 1 aliphatic rings. The summed E-state index contributed by atoms with van der Waals surface area (Å²) < 4.78 is 30.0. The Morgan fingerprint density at radius 2 is 1.65 bits per heavy atom. The van der Waals surface area contributed by atoms with E-state index in [0.717, 1.165) is 6.08 Å². The first-order valence-electron chi connectivity index (χ1n) is 4.45. The Hall–Kier alpha value is -1.44. The first kappa shape index (κ1) is 12.0. The first-order chi connectivity index (χ1) is 7.88. The number of hydrogen-bond acceptors (Lipinski definition) is 5. The number of fused-ring (bicyclic) bond motifs is 1. The second kappa shape index (κ2) is 4.10. The molecule has 0 heterocycles. The molecule has 0 atom stereocenters. The third-order valence-corrected chi connectivity index (χ3v) is 3.98. The maximum atomic E-state index is 11.8. The van der Waals surface area contributed by atoms with E-state index in [2.05, 4.69) is 0 Å². The molecule has 2 rings (SSSR count). The van der Waals surface area contributed by atoms with Crippen molar-refractivity contribution in [1.82, 2.24) is 0 Å². The van der Waals surface area contributed by atoms with E-state index in [4.69, 9.17) is 4.55 Å². The van der Waals surface area contributed by atoms with Gasteiger partial charge in [0.1, 0.15) is 0 Å². The van der Waals surface area contributed by atoms with Crippen LogP contribution in [-0.4, -0.2) is 24.5 Å². The molecule has 1 aromatic carbocycles. The van der Waals surface area contributed by atoms with Crippen LogP contribution < -0.4 is 0 Å². The molecule has 0 bridgehead atoms. The summed E-state index contributed by atoms with van der Waals surface area (Å²) in [7, 11) is -4.44. The molecule has 17 heavy (non-hydrogen) atoms. The van der Waals surface area contributed by atoms with Gasteiger partial charge in [0.05, 0.1) is 4.91 Å². The van der Waals surface area contributed by atoms with E-state index in [0.29, 0.717) is 0 Å². The molecule has 0 radical (unpaired) electrons. The Morgan fingerprint density at radius 1 is 1.06 bits per heavy atom. The lowest BCUT2D eigenvalue weighted by Gasteiger charge is -2.12. The molecule has 0 saturated carbocycles. The highest BCUT2D eigenvalue weighted by Gasteiger charge is 2.28. The number of allylic oxidation sites excluding steroid dienone is 2. The predicted molar refractivity (Wildman–Crippen MR) is 62.3 cm³/mol. The molecule has 0 amide bonds. The van der Waals surface area contributed by atoms with E-state index >= 15 is 0 Å². The summed E-state index contributed by atoms with van der Waals surface area (Å²) in [5.41, 5.74) is 0.378. The molecule has 0 aromatic heterocycles. The van der Waals surface area contributed by atoms with Crippen molar-refractivity contribution >= 4 is 31.5 Å². The fraction of sp³-hybridized carbons (Fsp3) is 0. The molecule has 0 unspecified atom stereocenters. The summed E-state index contributed by atoms with van der Waals surface area (Å²) in [6.07, 6.45) is 0.920. The summed E-state index contributed by atoms with van der Waals surface area (Å²) in [6, 6.07) is 6.11. The fourth-order valence-electron chi connectivity index (χ4n) is 1.47. The number of rotatable bonds is 2. The van der Waals surface area contributed by atoms with E-state index in [1.807, 2.05) is 0 Å². The lowest BCUT2D eigenvalue weighted by atomic mass is 9.95. The average molecular weight is 270 g/mol. The van der Waals surface area contributed by atoms with E-state index < -0.39 is 20.7 Å². The van der Waals surface area contributed by atoms with Crippen molar-refractivity contribution in [3.63, 3.8) is 0 Å². The van der Waals surface area contributed by atoms with Gasteiger partial charge in [0.15, 0.2) is 5.78 Å². The van der Waals surface area contributed by atoms with Crippen molar-refractivity contribution in [3.8, 4) is 0 Å². The minimum absolute atomic E-state index is 0.0284. The van der Waals surface area contributed by atoms with Crippen molar-refractivity contribution < 1.29 is 22.6 Å². The molecule has 1 aromatic rings. The van der Waals surface area contributed by atoms with Gasteiger partial charge in [-0.25, -0.2) is 0 Å². The van der Waals surface area contributed by atoms with Gasteiger partial charge in [-0.3, -0.25) is 14.1 Å². The molecule has 5 nitrogen and oxygen atoms in total. The van der Waals surface area contributed by atoms with E-state index in [-0.39, 0.29) is 26.8 Å². The largest absolute Gasteiger partial charge is 0.324 e. The zero-order chi connectivity index (χ0) is 12.6. The zero-order valence-corrected chi connectivity index (χ0v) is 9.92. The third-order valence-electron chi connectivity index (χ3n) is 2.12. The maximum Gasteiger partial charge on any atom is 0.324 e. The topological polar surface area (TPSA) is 88.5 Å². The number of carbonyl (C=O) groups excluding carboxylic acids is 2. The van der Waals surface area contributed by atoms with Crippen LogP contribution in [-0.2, 0) is 9.15 Å². The summed E-state index contributed by atoms with van der Waals surface area (Å²) in [6.45, 7) is 0. The Bertz CT molecular complexity index is 642. The molecule has 0 saturated heterocycles. The maximum absolute atomic E-state index is 11.8. The average Bonchev–Trinajstić information content (AvgIpc) is 2.24. The minimum Gasteiger partial charge on any atom is -0.289 e. The van der Waals surface area contributed by atoms with Gasteiger partial charge in [-0.05, 0) is 0 Å². The van der Waals surface area contributed by atoms with Gasteiger partial charge < -0.3 is 0 Å². The molecule has 1 N–H and O–H groups in total. The third kappa shape index (κ3) is 2.46. The van der Waals surface area contributed by atoms with Gasteiger partial charge in [-0.15, -0.1) is 0 Å². The number of benzene rings is 1. The zero-order valence-electron chi connectivity index (χ0n) is 8.28. The number of ketones is 2. The highest BCUT2D eigenvalue weighted by Crippen LogP contribution is 2.30. The molecule has 1 aliphatic carbocycles. The van der Waals surface area contributed by atoms with E-state index in [1.54, 1.807) is 12.1 Å². The highest BCUT2D eigenvalue weighted by atomic mass is 33.1. The lowest BCUT2D eigenvalue weighted by molar-refractivity contribution is 0.0991. The van der Waals surface area contributed by atoms with Crippen molar-refractivity contribution in [1.29, 1.82) is 0 Å². The number of Topliss-reactive ketones (excluding diaryl/α,β-unsaturated/α-hetero) is 1. The standard InChI is InChI=1S/C10H6O5S2/c11-8-5-9(16-17(13,14)15)10(12)7-4-2-1-3-6(7)8/h1-5H,(H,13,14,15). The second-order valence-electron chi connectivity index (χ2n) is 3.26. The van der Waals surface area contributed by atoms with Crippen molar-refractivity contribution in [2.45, 2.75) is 0 Å². The van der Waals surface area contributed by atoms with Gasteiger partial charge in [0.2, 0.25) is 5.78 Å². The van der Waals surface area contributed by atoms with Gasteiger partial charge in [0, 0.05) is 28.0 Å². The summed E-state index contributed by atoms with van der Waals surface area (Å²) in [5, 5.41) is 0. The molecular weight excluding hydrogens is 264 g/mol. The van der Waals surface area contributed by atoms with Gasteiger partial charge in [-0.1, -0.05) is 24.3 Å². The van der Waals surface area contributed by atoms with Crippen LogP contribution in [0, 0.1) is 0 Å². The Kier molecular flexibility index (Phi) is 2.90. The van der Waals surface area contributed by atoms with Crippen LogP contribution in [0.3, 0.4) is 0 Å². The summed E-state index contributed by atoms with van der Waals surface area (Å²) in [4.78, 5) is 23.1. The quantitative estimate of drug-likeness (QED) is 0.647. The van der Waals surface area contributed by atoms with Crippen LogP contribution >= 0.6 is 10.8 Å². The Balaban J connectivity index is 2.49. The summed E-state index contributed by atoms with van der Waals surface area (Å²) in [5.74, 6) is -1.03. The fourth-order valence-corrected chi connectivity index (χ4v) is 3.09. The molecule has 7 heteroatoms. The van der Waals surface area contributed by atoms with Crippen LogP contribution in [0.1, 0.15) is 20.7 Å². The summed E-state index contributed by atoms with van der Waals surface area (Å²) >= 11 is 0. The van der Waals surface area contributed by atoms with E-state index in [1.165, 1.54) is 12.1 Å². The molecule has 0 spiro atoms. The number of hydrogen-bond donors (Lipinski definition) is 1. The number of carbonyl (C=O) groups is 2. The van der Waals surface area contributed by atoms with Crippen LogP contribution in [0.15, 0.2) is 35.2 Å². The van der Waals surface area contributed by atoms with Gasteiger partial charge >= 0.3 is 9.15 Å². The predicted octanol–water partition coefficient (Wildman–Crippen LogP) is 1.49. The second-order valence-corrected chi connectivity index (χ2v) is 6.48. The van der Waals surface area contributed by atoms with Crippen LogP contribution in [0.5, 0.6) is 0 Å². The Morgan fingerprint density at radius 3 is 2.24 bits per heavy atom. The van der Waals surface area contributed by atoms with E-state index in [9.17, 15) is 18.0 Å². The van der Waals surface area contributed by atoms with Crippen LogP contribution in [0.4, 0.5) is 0 Å². The SMILES string of the molecule is O=C1C=C(SS(=O)(=O)O)C(=O)c2ccccc21. The molecule has 0 fully saturated rings. The highest BCUT2D eigenvalue weighted by molar-refractivity contribution is 8.71. The minimum atomic E-state index is -4.41. The van der Waals surface area contributed by atoms with Crippen molar-refractivity contribution in [2.75, 3.05) is 0 Å². The van der Waals surface area contributed by atoms with Crippen molar-refractivity contribution in [3.05, 3.63) is 46.4 Å². The molecule has 0 aliphatic heterocycles. The van der Waals surface area contributed by atoms with Gasteiger partial charge in [0.25, 0.3) is 0 Å². The lowest BCUT2D eigenvalue weighted by Crippen LogP contribution is -2.16. The normalized spacial score (nSPS) is 15.5. The molecule has 88 valence electrons. The first-order valence-corrected chi connectivity index (χ1v) is 7.22. The van der Waals surface area contributed by atoms with Crippen LogP contribution in [0.2, 0.25) is 0 Å². The molecular formula is C10H6O5S2. The van der Waals surface area contributed by atoms with Gasteiger partial charge in [-0.2, -0.15) is 8.42 Å². The monoisotopic (exact) mass is 270 g/mol. The van der Waals surface area contributed by atoms with Crippen molar-refractivity contribution in [2.24, 2.45) is 0 Å².